The van der Waals surface area contributed by atoms with Gasteiger partial charge in [-0.25, -0.2) is 0 Å². The molecule has 0 saturated carbocycles. The van der Waals surface area contributed by atoms with Crippen molar-refractivity contribution in [1.29, 1.82) is 0 Å². The maximum absolute atomic E-state index is 6.14. The van der Waals surface area contributed by atoms with Gasteiger partial charge in [-0.1, -0.05) is 46.5 Å². The van der Waals surface area contributed by atoms with Crippen molar-refractivity contribution in [1.82, 2.24) is 0 Å². The summed E-state index contributed by atoms with van der Waals surface area (Å²) in [6, 6.07) is 0. The lowest BCUT2D eigenvalue weighted by Crippen LogP contribution is -2.51. The molecule has 0 aliphatic carbocycles. The number of alkyl halides is 1. The molecule has 0 aliphatic rings. The summed E-state index contributed by atoms with van der Waals surface area (Å²) in [6.45, 7) is 12.2. The Morgan fingerprint density at radius 1 is 0.550 bits per heavy atom. The lowest BCUT2D eigenvalue weighted by Gasteiger charge is -2.39. The summed E-state index contributed by atoms with van der Waals surface area (Å²) in [5, 5.41) is 0. The van der Waals surface area contributed by atoms with Crippen LogP contribution in [0.3, 0.4) is 0 Å². The molecule has 0 fully saturated rings. The third-order valence-electron chi connectivity index (χ3n) is 4.52. The Hall–Kier alpha value is 0.250. The first kappa shape index (κ1) is 20.2. The first-order valence-corrected chi connectivity index (χ1v) is 9.69. The highest BCUT2D eigenvalue weighted by Gasteiger charge is 2.25. The fourth-order valence-corrected chi connectivity index (χ4v) is 3.48. The maximum Gasteiger partial charge on any atom is 0.0924 e. The zero-order valence-corrected chi connectivity index (χ0v) is 15.2. The van der Waals surface area contributed by atoms with Gasteiger partial charge >= 0.3 is 0 Å². The molecule has 1 nitrogen and oxygen atoms in total. The van der Waals surface area contributed by atoms with Crippen LogP contribution in [0.4, 0.5) is 0 Å². The molecule has 122 valence electrons. The van der Waals surface area contributed by atoms with Gasteiger partial charge in [0, 0.05) is 0 Å². The Morgan fingerprint density at radius 2 is 0.950 bits per heavy atom. The summed E-state index contributed by atoms with van der Waals surface area (Å²) >= 11 is 6.14. The Bertz CT molecular complexity index is 184. The van der Waals surface area contributed by atoms with E-state index in [0.717, 1.165) is 5.88 Å². The first-order chi connectivity index (χ1) is 9.74. The highest BCUT2D eigenvalue weighted by Crippen LogP contribution is 2.17. The van der Waals surface area contributed by atoms with Gasteiger partial charge in [0.15, 0.2) is 0 Å². The average Bonchev–Trinajstić information content (AvgIpc) is 2.44. The van der Waals surface area contributed by atoms with Crippen molar-refractivity contribution in [2.75, 3.05) is 32.1 Å². The van der Waals surface area contributed by atoms with Gasteiger partial charge in [0.1, 0.15) is 0 Å². The number of unbranched alkanes of at least 4 members (excludes halogenated alkanes) is 7. The first-order valence-electron chi connectivity index (χ1n) is 9.15. The molecule has 0 aromatic rings. The van der Waals surface area contributed by atoms with Gasteiger partial charge in [-0.15, -0.1) is 11.6 Å². The van der Waals surface area contributed by atoms with Crippen LogP contribution in [0.15, 0.2) is 0 Å². The predicted octanol–water partition coefficient (Wildman–Crippen LogP) is 6.00. The summed E-state index contributed by atoms with van der Waals surface area (Å²) in [7, 11) is 0. The molecule has 0 saturated heterocycles. The number of halogens is 1. The fraction of sp³-hybridized carbons (Fsp3) is 1.00. The van der Waals surface area contributed by atoms with Crippen LogP contribution in [0.25, 0.3) is 0 Å². The van der Waals surface area contributed by atoms with Crippen molar-refractivity contribution in [3.63, 3.8) is 0 Å². The van der Waals surface area contributed by atoms with Crippen LogP contribution in [0.5, 0.6) is 0 Å². The van der Waals surface area contributed by atoms with E-state index in [1.807, 2.05) is 0 Å². The van der Waals surface area contributed by atoms with E-state index in [4.69, 9.17) is 11.6 Å². The van der Waals surface area contributed by atoms with Crippen LogP contribution in [0.1, 0.15) is 85.0 Å². The van der Waals surface area contributed by atoms with Crippen molar-refractivity contribution >= 4 is 11.6 Å². The molecule has 2 heteroatoms. The second-order valence-corrected chi connectivity index (χ2v) is 6.78. The molecule has 0 atom stereocenters. The van der Waals surface area contributed by atoms with Crippen LogP contribution in [-0.4, -0.2) is 36.5 Å². The van der Waals surface area contributed by atoms with Gasteiger partial charge in [-0.05, 0) is 38.5 Å². The number of hydrogen-bond acceptors (Lipinski definition) is 0. The molecule has 0 spiro atoms. The molecule has 0 amide bonds. The number of rotatable bonds is 15. The van der Waals surface area contributed by atoms with Gasteiger partial charge in [0.2, 0.25) is 0 Å². The Balaban J connectivity index is 4.37. The van der Waals surface area contributed by atoms with Gasteiger partial charge in [-0.3, -0.25) is 0 Å². The maximum atomic E-state index is 6.14. The topological polar surface area (TPSA) is 0 Å². The molecule has 20 heavy (non-hydrogen) atoms. The summed E-state index contributed by atoms with van der Waals surface area (Å²) in [5.74, 6) is 0.825. The van der Waals surface area contributed by atoms with E-state index >= 15 is 0 Å². The summed E-state index contributed by atoms with van der Waals surface area (Å²) in [6.07, 6.45) is 13.7. The Kier molecular flexibility index (Phi) is 14.4. The lowest BCUT2D eigenvalue weighted by atomic mass is 10.1. The molecular formula is C18H39ClN+. The van der Waals surface area contributed by atoms with Crippen molar-refractivity contribution < 1.29 is 4.48 Å². The fourth-order valence-electron chi connectivity index (χ4n) is 3.12. The van der Waals surface area contributed by atoms with Crippen molar-refractivity contribution in [3.05, 3.63) is 0 Å². The number of hydrogen-bond donors (Lipinski definition) is 0. The molecule has 0 heterocycles. The van der Waals surface area contributed by atoms with Gasteiger partial charge < -0.3 is 4.48 Å². The zero-order valence-electron chi connectivity index (χ0n) is 14.4. The van der Waals surface area contributed by atoms with Crippen LogP contribution in [0.2, 0.25) is 0 Å². The lowest BCUT2D eigenvalue weighted by molar-refractivity contribution is -0.926. The molecular weight excluding hydrogens is 266 g/mol. The molecule has 0 N–H and O–H groups in total. The van der Waals surface area contributed by atoms with E-state index in [0.29, 0.717) is 0 Å². The normalized spacial score (nSPS) is 12.0. The van der Waals surface area contributed by atoms with E-state index in [2.05, 4.69) is 20.8 Å². The van der Waals surface area contributed by atoms with Gasteiger partial charge in [0.25, 0.3) is 0 Å². The second-order valence-electron chi connectivity index (χ2n) is 6.40. The second kappa shape index (κ2) is 14.2. The number of nitrogens with zero attached hydrogens (tertiary/aromatic N) is 1. The minimum absolute atomic E-state index is 0.825. The summed E-state index contributed by atoms with van der Waals surface area (Å²) in [5.41, 5.74) is 0. The van der Waals surface area contributed by atoms with Crippen molar-refractivity contribution in [3.8, 4) is 0 Å². The molecule has 0 radical (unpaired) electrons. The molecule has 0 aromatic heterocycles. The summed E-state index contributed by atoms with van der Waals surface area (Å²) in [4.78, 5) is 0. The molecule has 0 aromatic carbocycles. The van der Waals surface area contributed by atoms with E-state index < -0.39 is 0 Å². The quantitative estimate of drug-likeness (QED) is 0.198. The minimum atomic E-state index is 0.825. The highest BCUT2D eigenvalue weighted by molar-refractivity contribution is 6.17. The molecule has 0 bridgehead atoms. The molecule has 0 rings (SSSR count). The van der Waals surface area contributed by atoms with E-state index in [-0.39, 0.29) is 0 Å². The monoisotopic (exact) mass is 304 g/mol. The minimum Gasteiger partial charge on any atom is -0.323 e. The SMILES string of the molecule is CCCCCC[N+](CCCl)(CCCCC)CCCCC. The van der Waals surface area contributed by atoms with E-state index in [1.165, 1.54) is 94.9 Å². The standard InChI is InChI=1S/C18H39ClN/c1-4-7-10-13-17-20(18-14-19,15-11-8-5-2)16-12-9-6-3/h4-18H2,1-3H3/q+1. The highest BCUT2D eigenvalue weighted by atomic mass is 35.5. The van der Waals surface area contributed by atoms with Gasteiger partial charge in [0.05, 0.1) is 32.1 Å². The van der Waals surface area contributed by atoms with Crippen molar-refractivity contribution in [2.45, 2.75) is 85.0 Å². The molecule has 0 unspecified atom stereocenters. The zero-order chi connectivity index (χ0) is 15.1. The Morgan fingerprint density at radius 3 is 1.35 bits per heavy atom. The molecule has 0 aliphatic heterocycles. The third kappa shape index (κ3) is 10.0. The van der Waals surface area contributed by atoms with Crippen molar-refractivity contribution in [2.24, 2.45) is 0 Å². The van der Waals surface area contributed by atoms with Crippen LogP contribution in [0, 0.1) is 0 Å². The summed E-state index contributed by atoms with van der Waals surface area (Å²) < 4.78 is 1.30. The predicted molar refractivity (Wildman–Crippen MR) is 93.6 cm³/mol. The van der Waals surface area contributed by atoms with Crippen LogP contribution < -0.4 is 0 Å². The Labute approximate surface area is 133 Å². The number of quaternary nitrogens is 1. The smallest absolute Gasteiger partial charge is 0.0924 e. The largest absolute Gasteiger partial charge is 0.323 e. The third-order valence-corrected chi connectivity index (χ3v) is 4.69. The van der Waals surface area contributed by atoms with E-state index in [1.54, 1.807) is 0 Å². The van der Waals surface area contributed by atoms with E-state index in [9.17, 15) is 0 Å². The average molecular weight is 305 g/mol. The van der Waals surface area contributed by atoms with Gasteiger partial charge in [-0.2, -0.15) is 0 Å². The van der Waals surface area contributed by atoms with Crippen LogP contribution >= 0.6 is 11.6 Å². The van der Waals surface area contributed by atoms with Crippen LogP contribution in [-0.2, 0) is 0 Å².